The van der Waals surface area contributed by atoms with Crippen molar-refractivity contribution in [3.63, 3.8) is 0 Å². The second-order valence-corrected chi connectivity index (χ2v) is 6.16. The molecule has 1 atom stereocenters. The monoisotopic (exact) mass is 345 g/mol. The van der Waals surface area contributed by atoms with Gasteiger partial charge in [0.25, 0.3) is 0 Å². The number of aryl methyl sites for hydroxylation is 2. The van der Waals surface area contributed by atoms with Gasteiger partial charge in [0, 0.05) is 31.4 Å². The van der Waals surface area contributed by atoms with Gasteiger partial charge in [0.05, 0.1) is 20.8 Å². The third-order valence-corrected chi connectivity index (χ3v) is 4.77. The second-order valence-electron chi connectivity index (χ2n) is 5.00. The van der Waals surface area contributed by atoms with Crippen LogP contribution in [0.1, 0.15) is 36.7 Å². The molecule has 0 spiro atoms. The predicted molar refractivity (Wildman–Crippen MR) is 89.3 cm³/mol. The third kappa shape index (κ3) is 3.72. The summed E-state index contributed by atoms with van der Waals surface area (Å²) in [5.41, 5.74) is 3.24. The normalized spacial score (nSPS) is 12.7. The first-order valence-electron chi connectivity index (χ1n) is 6.82. The number of halogens is 3. The summed E-state index contributed by atoms with van der Waals surface area (Å²) in [6.07, 6.45) is 2.95. The fraction of sp³-hybridized carbons (Fsp3) is 0.400. The van der Waals surface area contributed by atoms with Crippen LogP contribution in [0, 0.1) is 0 Å². The Balaban J connectivity index is 2.11. The molecule has 1 aromatic heterocycles. The number of aromatic nitrogens is 2. The van der Waals surface area contributed by atoms with Gasteiger partial charge in [-0.2, -0.15) is 5.10 Å². The van der Waals surface area contributed by atoms with Gasteiger partial charge >= 0.3 is 0 Å². The minimum atomic E-state index is 0.0668. The maximum absolute atomic E-state index is 6.26. The Morgan fingerprint density at radius 2 is 1.95 bits per heavy atom. The molecule has 0 amide bonds. The molecule has 114 valence electrons. The van der Waals surface area contributed by atoms with E-state index >= 15 is 0 Å². The number of rotatable bonds is 5. The van der Waals surface area contributed by atoms with E-state index in [1.165, 1.54) is 5.56 Å². The zero-order valence-electron chi connectivity index (χ0n) is 12.3. The summed E-state index contributed by atoms with van der Waals surface area (Å²) in [4.78, 5) is 0. The Kier molecular flexibility index (Phi) is 5.55. The molecule has 1 aromatic carbocycles. The number of hydrogen-bond acceptors (Lipinski definition) is 2. The van der Waals surface area contributed by atoms with Crippen LogP contribution in [0.2, 0.25) is 15.1 Å². The molecule has 1 N–H and O–H groups in total. The van der Waals surface area contributed by atoms with Crippen molar-refractivity contribution in [3.8, 4) is 0 Å². The fourth-order valence-electron chi connectivity index (χ4n) is 2.28. The third-order valence-electron chi connectivity index (χ3n) is 3.46. The summed E-state index contributed by atoms with van der Waals surface area (Å²) in [7, 11) is 1.93. The Morgan fingerprint density at radius 1 is 1.24 bits per heavy atom. The molecule has 0 aliphatic rings. The summed E-state index contributed by atoms with van der Waals surface area (Å²) < 4.78 is 1.84. The van der Waals surface area contributed by atoms with Crippen LogP contribution < -0.4 is 5.32 Å². The van der Waals surface area contributed by atoms with Crippen molar-refractivity contribution in [2.24, 2.45) is 7.05 Å². The van der Waals surface area contributed by atoms with E-state index in [0.717, 1.165) is 24.2 Å². The molecule has 1 heterocycles. The van der Waals surface area contributed by atoms with Crippen LogP contribution in [-0.2, 0) is 20.0 Å². The first kappa shape index (κ1) is 16.6. The maximum atomic E-state index is 6.26. The van der Waals surface area contributed by atoms with Gasteiger partial charge in [-0.25, -0.2) is 0 Å². The predicted octanol–water partition coefficient (Wildman–Crippen LogP) is 4.79. The van der Waals surface area contributed by atoms with Crippen molar-refractivity contribution in [3.05, 3.63) is 50.2 Å². The van der Waals surface area contributed by atoms with Crippen LogP contribution in [0.25, 0.3) is 0 Å². The van der Waals surface area contributed by atoms with Gasteiger partial charge in [0.15, 0.2) is 0 Å². The first-order valence-corrected chi connectivity index (χ1v) is 7.95. The highest BCUT2D eigenvalue weighted by molar-refractivity contribution is 6.48. The number of benzene rings is 1. The lowest BCUT2D eigenvalue weighted by Crippen LogP contribution is -2.19. The van der Waals surface area contributed by atoms with E-state index in [0.29, 0.717) is 15.1 Å². The van der Waals surface area contributed by atoms with Gasteiger partial charge in [0.1, 0.15) is 0 Å². The van der Waals surface area contributed by atoms with E-state index in [-0.39, 0.29) is 6.04 Å². The topological polar surface area (TPSA) is 29.9 Å². The number of nitrogens with one attached hydrogen (secondary N) is 1. The Bertz CT molecular complexity index is 637. The summed E-state index contributed by atoms with van der Waals surface area (Å²) >= 11 is 18.3. The zero-order chi connectivity index (χ0) is 15.6. The fourth-order valence-corrected chi connectivity index (χ4v) is 2.98. The van der Waals surface area contributed by atoms with Crippen LogP contribution in [0.15, 0.2) is 18.3 Å². The standard InChI is InChI=1S/C15H18Cl3N3/c1-4-13-10(8-21(3)20-13)7-19-9(2)11-5-6-12(16)15(18)14(11)17/h5-6,8-9,19H,4,7H2,1-3H3. The Morgan fingerprint density at radius 3 is 2.62 bits per heavy atom. The molecule has 0 aliphatic carbocycles. The first-order chi connectivity index (χ1) is 9.93. The zero-order valence-corrected chi connectivity index (χ0v) is 14.5. The van der Waals surface area contributed by atoms with Crippen molar-refractivity contribution in [2.75, 3.05) is 0 Å². The van der Waals surface area contributed by atoms with Gasteiger partial charge in [-0.05, 0) is 25.0 Å². The minimum Gasteiger partial charge on any atom is -0.306 e. The van der Waals surface area contributed by atoms with E-state index in [9.17, 15) is 0 Å². The molecule has 2 aromatic rings. The molecule has 2 rings (SSSR count). The second kappa shape index (κ2) is 7.01. The van der Waals surface area contributed by atoms with Crippen molar-refractivity contribution < 1.29 is 0 Å². The van der Waals surface area contributed by atoms with E-state index < -0.39 is 0 Å². The van der Waals surface area contributed by atoms with E-state index in [1.54, 1.807) is 6.07 Å². The summed E-state index contributed by atoms with van der Waals surface area (Å²) in [5, 5.41) is 9.27. The smallest absolute Gasteiger partial charge is 0.0781 e. The van der Waals surface area contributed by atoms with Gasteiger partial charge in [-0.15, -0.1) is 0 Å². The number of hydrogen-bond donors (Lipinski definition) is 1. The summed E-state index contributed by atoms with van der Waals surface area (Å²) in [6, 6.07) is 3.74. The van der Waals surface area contributed by atoms with Gasteiger partial charge in [0.2, 0.25) is 0 Å². The highest BCUT2D eigenvalue weighted by atomic mass is 35.5. The molecular formula is C15H18Cl3N3. The molecule has 0 saturated heterocycles. The lowest BCUT2D eigenvalue weighted by atomic mass is 10.1. The van der Waals surface area contributed by atoms with Crippen LogP contribution in [-0.4, -0.2) is 9.78 Å². The quantitative estimate of drug-likeness (QED) is 0.789. The van der Waals surface area contributed by atoms with E-state index in [2.05, 4.69) is 17.3 Å². The summed E-state index contributed by atoms with van der Waals surface area (Å²) in [5.74, 6) is 0. The van der Waals surface area contributed by atoms with Gasteiger partial charge in [-0.3, -0.25) is 4.68 Å². The van der Waals surface area contributed by atoms with Crippen molar-refractivity contribution in [1.29, 1.82) is 0 Å². The number of nitrogens with zero attached hydrogens (tertiary/aromatic N) is 2. The lowest BCUT2D eigenvalue weighted by Gasteiger charge is -2.16. The van der Waals surface area contributed by atoms with Crippen molar-refractivity contribution in [1.82, 2.24) is 15.1 Å². The highest BCUT2D eigenvalue weighted by Crippen LogP contribution is 2.35. The molecule has 6 heteroatoms. The average Bonchev–Trinajstić information content (AvgIpc) is 2.82. The molecule has 21 heavy (non-hydrogen) atoms. The van der Waals surface area contributed by atoms with Gasteiger partial charge in [-0.1, -0.05) is 47.8 Å². The Hall–Kier alpha value is -0.740. The Labute approximate surface area is 140 Å². The van der Waals surface area contributed by atoms with Gasteiger partial charge < -0.3 is 5.32 Å². The molecule has 0 saturated carbocycles. The molecule has 0 fully saturated rings. The molecule has 0 radical (unpaired) electrons. The molecule has 1 unspecified atom stereocenters. The minimum absolute atomic E-state index is 0.0668. The van der Waals surface area contributed by atoms with Crippen molar-refractivity contribution >= 4 is 34.8 Å². The maximum Gasteiger partial charge on any atom is 0.0781 e. The van der Waals surface area contributed by atoms with Crippen LogP contribution >= 0.6 is 34.8 Å². The highest BCUT2D eigenvalue weighted by Gasteiger charge is 2.15. The average molecular weight is 347 g/mol. The molecule has 3 nitrogen and oxygen atoms in total. The lowest BCUT2D eigenvalue weighted by molar-refractivity contribution is 0.572. The van der Waals surface area contributed by atoms with Crippen LogP contribution in [0.3, 0.4) is 0 Å². The SMILES string of the molecule is CCc1nn(C)cc1CNC(C)c1ccc(Cl)c(Cl)c1Cl. The van der Waals surface area contributed by atoms with Crippen LogP contribution in [0.5, 0.6) is 0 Å². The summed E-state index contributed by atoms with van der Waals surface area (Å²) in [6.45, 7) is 4.88. The molecular weight excluding hydrogens is 329 g/mol. The van der Waals surface area contributed by atoms with Crippen LogP contribution in [0.4, 0.5) is 0 Å². The van der Waals surface area contributed by atoms with E-state index in [4.69, 9.17) is 34.8 Å². The molecule has 0 bridgehead atoms. The van der Waals surface area contributed by atoms with Crippen molar-refractivity contribution in [2.45, 2.75) is 32.9 Å². The van der Waals surface area contributed by atoms with E-state index in [1.807, 2.05) is 30.9 Å². The largest absolute Gasteiger partial charge is 0.306 e. The molecule has 0 aliphatic heterocycles.